The summed E-state index contributed by atoms with van der Waals surface area (Å²) in [5, 5.41) is 8.35. The van der Waals surface area contributed by atoms with Gasteiger partial charge in [0.2, 0.25) is 0 Å². The summed E-state index contributed by atoms with van der Waals surface area (Å²) in [7, 11) is -5.47. The summed E-state index contributed by atoms with van der Waals surface area (Å²) in [5.41, 5.74) is -5.37. The number of carbonyl (C=O) groups excluding carboxylic acids is 2. The summed E-state index contributed by atoms with van der Waals surface area (Å²) in [6.45, 7) is 8.40. The Morgan fingerprint density at radius 3 is 1.57 bits per heavy atom. The standard InChI is InChI=1S/C8H13F3O4S.C7H14O2.C4H10O/c1-7(12)5-3-2-4-6-15-16(13,14)8(9,10)11;1-7(9)5-3-2-4-6-8;1-3-5-4-2/h2-6H2,1H3;8H,2-6H2,1H3;3-4H2,1-2H3. The number of ketones is 2. The van der Waals surface area contributed by atoms with Crippen molar-refractivity contribution in [1.82, 2.24) is 0 Å². The summed E-state index contributed by atoms with van der Waals surface area (Å²) >= 11 is 0. The Morgan fingerprint density at radius 1 is 0.833 bits per heavy atom. The maximum absolute atomic E-state index is 11.8. The van der Waals surface area contributed by atoms with Gasteiger partial charge >= 0.3 is 15.6 Å². The highest BCUT2D eigenvalue weighted by Gasteiger charge is 2.47. The van der Waals surface area contributed by atoms with Gasteiger partial charge in [-0.25, -0.2) is 0 Å². The van der Waals surface area contributed by atoms with E-state index in [-0.39, 0.29) is 24.6 Å². The molecule has 0 aliphatic rings. The molecule has 182 valence electrons. The first-order valence-corrected chi connectivity index (χ1v) is 11.4. The lowest BCUT2D eigenvalue weighted by Crippen LogP contribution is -2.25. The maximum atomic E-state index is 11.8. The van der Waals surface area contributed by atoms with Gasteiger partial charge in [-0.2, -0.15) is 21.6 Å². The van der Waals surface area contributed by atoms with Crippen LogP contribution in [0.1, 0.15) is 79.1 Å². The number of aliphatic hydroxyl groups excluding tert-OH is 1. The molecule has 0 bridgehead atoms. The number of unbranched alkanes of at least 4 members (excludes halogenated alkanes) is 4. The summed E-state index contributed by atoms with van der Waals surface area (Å²) in [5.74, 6) is 0.233. The SMILES string of the molecule is CC(=O)CCCCCO.CC(=O)CCCCCOS(=O)(=O)C(F)(F)F.CCOCC. The molecule has 0 heterocycles. The molecule has 0 radical (unpaired) electrons. The van der Waals surface area contributed by atoms with Crippen molar-refractivity contribution < 1.29 is 45.2 Å². The largest absolute Gasteiger partial charge is 0.523 e. The van der Waals surface area contributed by atoms with Crippen LogP contribution in [0.4, 0.5) is 13.2 Å². The molecular formula is C19H37F3O7S. The Balaban J connectivity index is -0.000000435. The Morgan fingerprint density at radius 2 is 1.27 bits per heavy atom. The van der Waals surface area contributed by atoms with Gasteiger partial charge in [0.15, 0.2) is 0 Å². The van der Waals surface area contributed by atoms with Gasteiger partial charge in [0.25, 0.3) is 0 Å². The van der Waals surface area contributed by atoms with Crippen LogP contribution in [-0.2, 0) is 28.6 Å². The minimum Gasteiger partial charge on any atom is -0.396 e. The third-order valence-electron chi connectivity index (χ3n) is 3.29. The van der Waals surface area contributed by atoms with Crippen LogP contribution < -0.4 is 0 Å². The number of ether oxygens (including phenoxy) is 1. The van der Waals surface area contributed by atoms with Crippen molar-refractivity contribution >= 4 is 21.7 Å². The average Bonchev–Trinajstić information content (AvgIpc) is 2.62. The van der Waals surface area contributed by atoms with Crippen LogP contribution in [0.5, 0.6) is 0 Å². The molecule has 0 fully saturated rings. The van der Waals surface area contributed by atoms with Crippen molar-refractivity contribution in [1.29, 1.82) is 0 Å². The fourth-order valence-corrected chi connectivity index (χ4v) is 2.23. The first-order valence-electron chi connectivity index (χ1n) is 9.98. The third kappa shape index (κ3) is 27.0. The number of hydrogen-bond donors (Lipinski definition) is 1. The zero-order chi connectivity index (χ0) is 24.1. The number of Topliss-reactive ketones (excluding diaryl/α,β-unsaturated/α-hetero) is 2. The van der Waals surface area contributed by atoms with E-state index in [0.29, 0.717) is 25.7 Å². The summed E-state index contributed by atoms with van der Waals surface area (Å²) in [6.07, 6.45) is 4.87. The first-order chi connectivity index (χ1) is 13.9. The number of halogens is 3. The maximum Gasteiger partial charge on any atom is 0.523 e. The fraction of sp³-hybridized carbons (Fsp3) is 0.895. The van der Waals surface area contributed by atoms with Crippen LogP contribution >= 0.6 is 0 Å². The smallest absolute Gasteiger partial charge is 0.396 e. The van der Waals surface area contributed by atoms with Crippen molar-refractivity contribution in [3.8, 4) is 0 Å². The monoisotopic (exact) mass is 466 g/mol. The molecule has 0 aromatic carbocycles. The molecule has 0 spiro atoms. The van der Waals surface area contributed by atoms with Crippen molar-refractivity contribution in [3.05, 3.63) is 0 Å². The third-order valence-corrected chi connectivity index (χ3v) is 4.33. The highest BCUT2D eigenvalue weighted by Crippen LogP contribution is 2.24. The Bertz CT molecular complexity index is 519. The zero-order valence-corrected chi connectivity index (χ0v) is 19.2. The molecule has 0 aromatic heterocycles. The van der Waals surface area contributed by atoms with Crippen LogP contribution in [0.25, 0.3) is 0 Å². The molecule has 0 amide bonds. The van der Waals surface area contributed by atoms with Gasteiger partial charge in [0.05, 0.1) is 6.61 Å². The molecule has 11 heteroatoms. The Kier molecular flexibility index (Phi) is 23.7. The van der Waals surface area contributed by atoms with Crippen molar-refractivity contribution in [2.45, 2.75) is 84.6 Å². The van der Waals surface area contributed by atoms with Gasteiger partial charge < -0.3 is 19.4 Å². The van der Waals surface area contributed by atoms with E-state index in [1.54, 1.807) is 6.92 Å². The van der Waals surface area contributed by atoms with E-state index in [9.17, 15) is 31.2 Å². The molecule has 0 unspecified atom stereocenters. The summed E-state index contributed by atoms with van der Waals surface area (Å²) in [4.78, 5) is 20.8. The molecule has 0 aliphatic heterocycles. The molecule has 7 nitrogen and oxygen atoms in total. The van der Waals surface area contributed by atoms with Crippen LogP contribution in [0, 0.1) is 0 Å². The minimum atomic E-state index is -5.47. The molecule has 0 aliphatic carbocycles. The molecule has 0 saturated heterocycles. The van der Waals surface area contributed by atoms with E-state index >= 15 is 0 Å². The zero-order valence-electron chi connectivity index (χ0n) is 18.4. The number of carbonyl (C=O) groups is 2. The van der Waals surface area contributed by atoms with Crippen LogP contribution in [0.15, 0.2) is 0 Å². The molecule has 0 rings (SSSR count). The van der Waals surface area contributed by atoms with E-state index in [2.05, 4.69) is 4.18 Å². The van der Waals surface area contributed by atoms with Crippen LogP contribution in [0.2, 0.25) is 0 Å². The molecule has 0 atom stereocenters. The lowest BCUT2D eigenvalue weighted by molar-refractivity contribution is -0.118. The lowest BCUT2D eigenvalue weighted by Gasteiger charge is -2.07. The quantitative estimate of drug-likeness (QED) is 0.233. The number of hydrogen-bond acceptors (Lipinski definition) is 7. The fourth-order valence-electron chi connectivity index (χ4n) is 1.75. The molecule has 0 aromatic rings. The van der Waals surface area contributed by atoms with Crippen molar-refractivity contribution in [2.24, 2.45) is 0 Å². The van der Waals surface area contributed by atoms with E-state index in [1.165, 1.54) is 6.92 Å². The van der Waals surface area contributed by atoms with Gasteiger partial charge in [0, 0.05) is 32.7 Å². The number of alkyl halides is 3. The van der Waals surface area contributed by atoms with Crippen molar-refractivity contribution in [2.75, 3.05) is 26.4 Å². The topological polar surface area (TPSA) is 107 Å². The normalized spacial score (nSPS) is 11.1. The summed E-state index contributed by atoms with van der Waals surface area (Å²) < 4.78 is 64.7. The van der Waals surface area contributed by atoms with E-state index in [0.717, 1.165) is 32.5 Å². The van der Waals surface area contributed by atoms with E-state index in [4.69, 9.17) is 9.84 Å². The van der Waals surface area contributed by atoms with Gasteiger partial charge in [-0.3, -0.25) is 4.18 Å². The highest BCUT2D eigenvalue weighted by molar-refractivity contribution is 7.87. The molecular weight excluding hydrogens is 429 g/mol. The van der Waals surface area contributed by atoms with Crippen LogP contribution in [0.3, 0.4) is 0 Å². The van der Waals surface area contributed by atoms with Crippen LogP contribution in [-0.4, -0.2) is 57.0 Å². The number of aliphatic hydroxyl groups is 1. The minimum absolute atomic E-state index is 0.0103. The predicted octanol–water partition coefficient (Wildman–Crippen LogP) is 4.17. The Hall–Kier alpha value is -1.04. The van der Waals surface area contributed by atoms with Crippen molar-refractivity contribution in [3.63, 3.8) is 0 Å². The molecule has 30 heavy (non-hydrogen) atoms. The van der Waals surface area contributed by atoms with Gasteiger partial charge in [-0.05, 0) is 53.4 Å². The predicted molar refractivity (Wildman–Crippen MR) is 108 cm³/mol. The van der Waals surface area contributed by atoms with Gasteiger partial charge in [-0.1, -0.05) is 12.8 Å². The van der Waals surface area contributed by atoms with Gasteiger partial charge in [-0.15, -0.1) is 0 Å². The average molecular weight is 467 g/mol. The first kappa shape index (κ1) is 33.6. The second kappa shape index (κ2) is 21.2. The second-order valence-electron chi connectivity index (χ2n) is 6.25. The van der Waals surface area contributed by atoms with Gasteiger partial charge in [0.1, 0.15) is 11.6 Å². The Labute approximate surface area is 178 Å². The molecule has 1 N–H and O–H groups in total. The lowest BCUT2D eigenvalue weighted by atomic mass is 10.1. The summed E-state index contributed by atoms with van der Waals surface area (Å²) in [6, 6.07) is 0. The highest BCUT2D eigenvalue weighted by atomic mass is 32.2. The van der Waals surface area contributed by atoms with E-state index < -0.39 is 22.2 Å². The number of rotatable bonds is 14. The van der Waals surface area contributed by atoms with E-state index in [1.807, 2.05) is 13.8 Å². The molecule has 0 saturated carbocycles. The second-order valence-corrected chi connectivity index (χ2v) is 7.86.